The Kier molecular flexibility index (Phi) is 2.25. The van der Waals surface area contributed by atoms with Crippen molar-refractivity contribution >= 4 is 27.7 Å². The van der Waals surface area contributed by atoms with Crippen LogP contribution in [0, 0.1) is 6.92 Å². The molecular weight excluding hydrogens is 196 g/mol. The zero-order valence-corrected chi connectivity index (χ0v) is 8.85. The summed E-state index contributed by atoms with van der Waals surface area (Å²) >= 11 is 1.67. The minimum absolute atomic E-state index is 0.663. The van der Waals surface area contributed by atoms with Gasteiger partial charge in [0, 0.05) is 20.5 Å². The third-order valence-electron chi connectivity index (χ3n) is 2.10. The van der Waals surface area contributed by atoms with Crippen LogP contribution in [0.2, 0.25) is 0 Å². The summed E-state index contributed by atoms with van der Waals surface area (Å²) in [6.07, 6.45) is 0.844. The maximum absolute atomic E-state index is 10.7. The van der Waals surface area contributed by atoms with Gasteiger partial charge >= 0.3 is 0 Å². The molecule has 0 saturated carbocycles. The zero-order chi connectivity index (χ0) is 10.1. The van der Waals surface area contributed by atoms with Crippen molar-refractivity contribution in [3.8, 4) is 5.75 Å². The summed E-state index contributed by atoms with van der Waals surface area (Å²) in [6.45, 7) is 2.05. The van der Waals surface area contributed by atoms with Gasteiger partial charge in [-0.15, -0.1) is 11.3 Å². The maximum Gasteiger partial charge on any atom is 0.150 e. The summed E-state index contributed by atoms with van der Waals surface area (Å²) in [4.78, 5) is 11.9. The molecule has 0 saturated heterocycles. The number of thiophene rings is 1. The van der Waals surface area contributed by atoms with Gasteiger partial charge in [-0.25, -0.2) is 0 Å². The van der Waals surface area contributed by atoms with E-state index >= 15 is 0 Å². The molecule has 0 amide bonds. The number of aryl methyl sites for hydroxylation is 1. The number of methoxy groups -OCH3 is 1. The van der Waals surface area contributed by atoms with Crippen molar-refractivity contribution in [2.45, 2.75) is 6.92 Å². The monoisotopic (exact) mass is 206 g/mol. The number of aldehydes is 1. The zero-order valence-electron chi connectivity index (χ0n) is 8.03. The molecule has 0 aliphatic carbocycles. The van der Waals surface area contributed by atoms with E-state index in [1.807, 2.05) is 13.0 Å². The predicted octanol–water partition coefficient (Wildman–Crippen LogP) is 3.03. The van der Waals surface area contributed by atoms with Crippen LogP contribution in [-0.2, 0) is 0 Å². The predicted molar refractivity (Wildman–Crippen MR) is 58.5 cm³/mol. The number of rotatable bonds is 2. The van der Waals surface area contributed by atoms with Crippen molar-refractivity contribution in [3.63, 3.8) is 0 Å². The first-order chi connectivity index (χ1) is 6.74. The van der Waals surface area contributed by atoms with Gasteiger partial charge in [0.2, 0.25) is 0 Å². The fourth-order valence-electron chi connectivity index (χ4n) is 1.49. The van der Waals surface area contributed by atoms with E-state index in [4.69, 9.17) is 4.74 Å². The fraction of sp³-hybridized carbons (Fsp3) is 0.182. The van der Waals surface area contributed by atoms with Gasteiger partial charge in [-0.3, -0.25) is 4.79 Å². The van der Waals surface area contributed by atoms with Gasteiger partial charge in [0.1, 0.15) is 12.0 Å². The first-order valence-corrected chi connectivity index (χ1v) is 5.09. The molecule has 2 nitrogen and oxygen atoms in total. The molecule has 0 aliphatic rings. The highest BCUT2D eigenvalue weighted by Crippen LogP contribution is 2.33. The molecule has 0 atom stereocenters. The lowest BCUT2D eigenvalue weighted by Gasteiger charge is -2.01. The summed E-state index contributed by atoms with van der Waals surface area (Å²) < 4.78 is 6.33. The van der Waals surface area contributed by atoms with Crippen molar-refractivity contribution in [3.05, 3.63) is 28.6 Å². The van der Waals surface area contributed by atoms with E-state index in [1.54, 1.807) is 24.5 Å². The number of carbonyl (C=O) groups is 1. The topological polar surface area (TPSA) is 26.3 Å². The largest absolute Gasteiger partial charge is 0.496 e. The Balaban J connectivity index is 2.78. The minimum Gasteiger partial charge on any atom is -0.496 e. The normalized spacial score (nSPS) is 10.4. The van der Waals surface area contributed by atoms with Crippen LogP contribution in [0.25, 0.3) is 10.1 Å². The van der Waals surface area contributed by atoms with Gasteiger partial charge in [-0.05, 0) is 25.1 Å². The van der Waals surface area contributed by atoms with Crippen molar-refractivity contribution in [2.75, 3.05) is 7.11 Å². The molecule has 0 N–H and O–H groups in total. The molecule has 14 heavy (non-hydrogen) atoms. The average molecular weight is 206 g/mol. The molecule has 0 radical (unpaired) electrons. The van der Waals surface area contributed by atoms with Gasteiger partial charge in [0.25, 0.3) is 0 Å². The number of ether oxygens (including phenoxy) is 1. The summed E-state index contributed by atoms with van der Waals surface area (Å²) in [5.41, 5.74) is 0.663. The first kappa shape index (κ1) is 9.21. The quantitative estimate of drug-likeness (QED) is 0.706. The molecule has 0 aliphatic heterocycles. The fourth-order valence-corrected chi connectivity index (χ4v) is 2.48. The number of carbonyl (C=O) groups excluding carboxylic acids is 1. The lowest BCUT2D eigenvalue weighted by Crippen LogP contribution is -1.86. The lowest BCUT2D eigenvalue weighted by atomic mass is 10.1. The molecule has 0 unspecified atom stereocenters. The third-order valence-corrected chi connectivity index (χ3v) is 3.10. The van der Waals surface area contributed by atoms with E-state index < -0.39 is 0 Å². The molecule has 1 aromatic heterocycles. The second kappa shape index (κ2) is 3.42. The van der Waals surface area contributed by atoms with Crippen LogP contribution >= 0.6 is 11.3 Å². The standard InChI is InChI=1S/C11H10O2S/c1-7-3-9-10(13-2)4-8(6-12)5-11(9)14-7/h3-6H,1-2H3. The second-order valence-corrected chi connectivity index (χ2v) is 4.40. The van der Waals surface area contributed by atoms with Gasteiger partial charge in [-0.2, -0.15) is 0 Å². The summed E-state index contributed by atoms with van der Waals surface area (Å²) in [5, 5.41) is 1.08. The molecule has 0 fully saturated rings. The van der Waals surface area contributed by atoms with Gasteiger partial charge in [-0.1, -0.05) is 0 Å². The Morgan fingerprint density at radius 3 is 2.79 bits per heavy atom. The van der Waals surface area contributed by atoms with Crippen LogP contribution in [0.4, 0.5) is 0 Å². The number of hydrogen-bond donors (Lipinski definition) is 0. The molecule has 1 aromatic carbocycles. The Labute approximate surface area is 86.1 Å². The van der Waals surface area contributed by atoms with E-state index in [-0.39, 0.29) is 0 Å². The highest BCUT2D eigenvalue weighted by Gasteiger charge is 2.06. The number of benzene rings is 1. The third kappa shape index (κ3) is 1.40. The van der Waals surface area contributed by atoms with Crippen LogP contribution in [-0.4, -0.2) is 13.4 Å². The SMILES string of the molecule is COc1cc(C=O)cc2sc(C)cc12. The molecular formula is C11H10O2S. The first-order valence-electron chi connectivity index (χ1n) is 4.28. The molecule has 1 heterocycles. The van der Waals surface area contributed by atoms with Crippen molar-refractivity contribution in [1.82, 2.24) is 0 Å². The smallest absolute Gasteiger partial charge is 0.150 e. The lowest BCUT2D eigenvalue weighted by molar-refractivity contribution is 0.112. The highest BCUT2D eigenvalue weighted by atomic mass is 32.1. The molecule has 3 heteroatoms. The van der Waals surface area contributed by atoms with Crippen LogP contribution in [0.15, 0.2) is 18.2 Å². The van der Waals surface area contributed by atoms with E-state index in [0.717, 1.165) is 22.1 Å². The van der Waals surface area contributed by atoms with Crippen molar-refractivity contribution < 1.29 is 9.53 Å². The Morgan fingerprint density at radius 2 is 2.14 bits per heavy atom. The summed E-state index contributed by atoms with van der Waals surface area (Å²) in [6, 6.07) is 5.73. The van der Waals surface area contributed by atoms with E-state index in [9.17, 15) is 4.79 Å². The highest BCUT2D eigenvalue weighted by molar-refractivity contribution is 7.19. The number of fused-ring (bicyclic) bond motifs is 1. The van der Waals surface area contributed by atoms with E-state index in [0.29, 0.717) is 5.56 Å². The second-order valence-electron chi connectivity index (χ2n) is 3.11. The Bertz CT molecular complexity index is 485. The number of hydrogen-bond acceptors (Lipinski definition) is 3. The van der Waals surface area contributed by atoms with E-state index in [1.165, 1.54) is 4.88 Å². The van der Waals surface area contributed by atoms with Crippen LogP contribution in [0.3, 0.4) is 0 Å². The van der Waals surface area contributed by atoms with Gasteiger partial charge in [0.15, 0.2) is 0 Å². The summed E-state index contributed by atoms with van der Waals surface area (Å²) in [7, 11) is 1.62. The van der Waals surface area contributed by atoms with Crippen LogP contribution in [0.1, 0.15) is 15.2 Å². The molecule has 2 rings (SSSR count). The van der Waals surface area contributed by atoms with Crippen LogP contribution in [0.5, 0.6) is 5.75 Å². The van der Waals surface area contributed by atoms with Crippen molar-refractivity contribution in [1.29, 1.82) is 0 Å². The van der Waals surface area contributed by atoms with Gasteiger partial charge in [0.05, 0.1) is 7.11 Å². The van der Waals surface area contributed by atoms with Crippen molar-refractivity contribution in [2.24, 2.45) is 0 Å². The van der Waals surface area contributed by atoms with E-state index in [2.05, 4.69) is 6.07 Å². The molecule has 2 aromatic rings. The molecule has 0 bridgehead atoms. The maximum atomic E-state index is 10.7. The van der Waals surface area contributed by atoms with Gasteiger partial charge < -0.3 is 4.74 Å². The van der Waals surface area contributed by atoms with Crippen LogP contribution < -0.4 is 4.74 Å². The molecule has 72 valence electrons. The molecule has 0 spiro atoms. The summed E-state index contributed by atoms with van der Waals surface area (Å²) in [5.74, 6) is 0.772. The Morgan fingerprint density at radius 1 is 1.36 bits per heavy atom. The average Bonchev–Trinajstić information content (AvgIpc) is 2.56. The minimum atomic E-state index is 0.663. The Hall–Kier alpha value is -1.35.